The Labute approximate surface area is 205 Å². The Morgan fingerprint density at radius 2 is 1.69 bits per heavy atom. The summed E-state index contributed by atoms with van der Waals surface area (Å²) in [7, 11) is 0. The highest BCUT2D eigenvalue weighted by Crippen LogP contribution is 2.44. The first-order chi connectivity index (χ1) is 17.1. The van der Waals surface area contributed by atoms with Crippen LogP contribution < -0.4 is 10.5 Å². The first-order valence-electron chi connectivity index (χ1n) is 12.7. The number of nitrogens with two attached hydrogens (primary N) is 1. The van der Waals surface area contributed by atoms with Crippen LogP contribution in [-0.2, 0) is 9.47 Å². The van der Waals surface area contributed by atoms with Crippen molar-refractivity contribution in [1.29, 1.82) is 10.8 Å². The van der Waals surface area contributed by atoms with Gasteiger partial charge < -0.3 is 24.5 Å². The number of aromatic nitrogens is 1. The fraction of sp³-hybridized carbons (Fsp3) is 0.429. The Balaban J connectivity index is 1.49. The lowest BCUT2D eigenvalue weighted by Crippen LogP contribution is -2.25. The van der Waals surface area contributed by atoms with Crippen LogP contribution >= 0.6 is 0 Å². The summed E-state index contributed by atoms with van der Waals surface area (Å²) in [6.07, 6.45) is 7.27. The van der Waals surface area contributed by atoms with Gasteiger partial charge in [0.15, 0.2) is 5.90 Å². The van der Waals surface area contributed by atoms with Gasteiger partial charge in [0.05, 0.1) is 30.0 Å². The predicted molar refractivity (Wildman–Crippen MR) is 138 cm³/mol. The van der Waals surface area contributed by atoms with Crippen LogP contribution in [-0.4, -0.2) is 35.7 Å². The number of nitrogens with zero attached hydrogens (tertiary/aromatic N) is 1. The minimum atomic E-state index is 0.0369. The van der Waals surface area contributed by atoms with Crippen molar-refractivity contribution >= 4 is 28.4 Å². The van der Waals surface area contributed by atoms with Crippen LogP contribution in [0.15, 0.2) is 42.5 Å². The summed E-state index contributed by atoms with van der Waals surface area (Å²) in [5.74, 6) is 1.23. The lowest BCUT2D eigenvalue weighted by Gasteiger charge is -2.30. The molecular formula is C28H32N4O3. The molecule has 0 radical (unpaired) electrons. The van der Waals surface area contributed by atoms with Crippen molar-refractivity contribution in [2.45, 2.75) is 57.1 Å². The van der Waals surface area contributed by atoms with Crippen LogP contribution in [0.3, 0.4) is 0 Å². The van der Waals surface area contributed by atoms with Crippen molar-refractivity contribution in [3.05, 3.63) is 48.0 Å². The van der Waals surface area contributed by atoms with E-state index in [-0.39, 0.29) is 23.8 Å². The average Bonchev–Trinajstić information content (AvgIpc) is 3.63. The fourth-order valence-electron chi connectivity index (χ4n) is 5.12. The van der Waals surface area contributed by atoms with Crippen molar-refractivity contribution in [3.63, 3.8) is 0 Å². The Morgan fingerprint density at radius 1 is 0.943 bits per heavy atom. The molecule has 1 saturated heterocycles. The minimum absolute atomic E-state index is 0.0369. The van der Waals surface area contributed by atoms with Crippen LogP contribution in [0.2, 0.25) is 0 Å². The third-order valence-electron chi connectivity index (χ3n) is 7.46. The third kappa shape index (κ3) is 4.29. The van der Waals surface area contributed by atoms with E-state index in [0.717, 1.165) is 85.2 Å². The standard InChI is InChI=1S/C28H32N4O3/c29-19-8-6-17(7-9-19)26-25(28(31)35-27(30)18-4-5-18)23-11-10-22(34-21-12-14-33-15-13-21)16-24(23)32(26)20-2-1-3-20/h6-11,16,18,20-21,30-31H,1-5,12-15,29H2. The van der Waals surface area contributed by atoms with Gasteiger partial charge in [-0.05, 0) is 61.9 Å². The van der Waals surface area contributed by atoms with Gasteiger partial charge in [-0.3, -0.25) is 10.8 Å². The zero-order chi connectivity index (χ0) is 23.9. The molecule has 6 rings (SSSR count). The molecule has 182 valence electrons. The lowest BCUT2D eigenvalue weighted by molar-refractivity contribution is 0.0256. The van der Waals surface area contributed by atoms with Gasteiger partial charge in [0.25, 0.3) is 0 Å². The van der Waals surface area contributed by atoms with Gasteiger partial charge in [0.2, 0.25) is 5.90 Å². The van der Waals surface area contributed by atoms with E-state index in [0.29, 0.717) is 11.7 Å². The lowest BCUT2D eigenvalue weighted by atomic mass is 9.92. The molecule has 0 atom stereocenters. The van der Waals surface area contributed by atoms with Gasteiger partial charge in [0.1, 0.15) is 11.9 Å². The highest BCUT2D eigenvalue weighted by atomic mass is 16.5. The topological polar surface area (TPSA) is 106 Å². The molecule has 3 fully saturated rings. The van der Waals surface area contributed by atoms with E-state index < -0.39 is 0 Å². The van der Waals surface area contributed by atoms with E-state index >= 15 is 0 Å². The molecule has 2 aromatic carbocycles. The van der Waals surface area contributed by atoms with Crippen LogP contribution in [0.1, 0.15) is 56.6 Å². The first-order valence-corrected chi connectivity index (χ1v) is 12.7. The SMILES string of the molecule is N=C(OC(=N)C1CC1)c1c(-c2ccc(N)cc2)n(C2CCC2)c2cc(OC3CCOCC3)ccc12. The Hall–Kier alpha value is -3.32. The summed E-state index contributed by atoms with van der Waals surface area (Å²) < 4.78 is 20.0. The number of fused-ring (bicyclic) bond motifs is 1. The zero-order valence-corrected chi connectivity index (χ0v) is 19.9. The molecule has 2 aliphatic carbocycles. The van der Waals surface area contributed by atoms with Crippen LogP contribution in [0.4, 0.5) is 5.69 Å². The second kappa shape index (κ2) is 9.04. The summed E-state index contributed by atoms with van der Waals surface area (Å²) >= 11 is 0. The molecule has 3 aliphatic rings. The molecule has 7 nitrogen and oxygen atoms in total. The molecule has 1 aliphatic heterocycles. The van der Waals surface area contributed by atoms with Crippen molar-refractivity contribution in [1.82, 2.24) is 4.57 Å². The fourth-order valence-corrected chi connectivity index (χ4v) is 5.12. The number of hydrogen-bond acceptors (Lipinski definition) is 6. The van der Waals surface area contributed by atoms with Gasteiger partial charge in [-0.2, -0.15) is 0 Å². The predicted octanol–water partition coefficient (Wildman–Crippen LogP) is 5.90. The minimum Gasteiger partial charge on any atom is -0.490 e. The summed E-state index contributed by atoms with van der Waals surface area (Å²) in [6.45, 7) is 1.47. The molecule has 7 heteroatoms. The molecule has 0 amide bonds. The molecule has 2 heterocycles. The van der Waals surface area contributed by atoms with E-state index in [1.165, 1.54) is 6.42 Å². The number of benzene rings is 2. The van der Waals surface area contributed by atoms with E-state index in [1.807, 2.05) is 36.4 Å². The van der Waals surface area contributed by atoms with Gasteiger partial charge in [0, 0.05) is 41.9 Å². The van der Waals surface area contributed by atoms with Crippen molar-refractivity contribution < 1.29 is 14.2 Å². The molecular weight excluding hydrogens is 440 g/mol. The largest absolute Gasteiger partial charge is 0.490 e. The molecule has 35 heavy (non-hydrogen) atoms. The second-order valence-corrected chi connectivity index (χ2v) is 9.98. The highest BCUT2D eigenvalue weighted by molar-refractivity contribution is 6.14. The molecule has 0 bridgehead atoms. The normalized spacial score (nSPS) is 18.9. The summed E-state index contributed by atoms with van der Waals surface area (Å²) in [6, 6.07) is 14.4. The number of nitrogens with one attached hydrogen (secondary N) is 2. The first kappa shape index (κ1) is 22.2. The van der Waals surface area contributed by atoms with Crippen molar-refractivity contribution in [2.24, 2.45) is 5.92 Å². The number of hydrogen-bond donors (Lipinski definition) is 3. The van der Waals surface area contributed by atoms with E-state index in [2.05, 4.69) is 10.6 Å². The van der Waals surface area contributed by atoms with Gasteiger partial charge >= 0.3 is 0 Å². The number of rotatable bonds is 6. The Morgan fingerprint density at radius 3 is 2.34 bits per heavy atom. The molecule has 3 aromatic rings. The van der Waals surface area contributed by atoms with E-state index in [4.69, 9.17) is 30.8 Å². The molecule has 2 saturated carbocycles. The zero-order valence-electron chi connectivity index (χ0n) is 19.9. The van der Waals surface area contributed by atoms with Crippen LogP contribution in [0.5, 0.6) is 5.75 Å². The molecule has 4 N–H and O–H groups in total. The number of ether oxygens (including phenoxy) is 3. The van der Waals surface area contributed by atoms with Crippen LogP contribution in [0, 0.1) is 16.7 Å². The molecule has 1 aromatic heterocycles. The van der Waals surface area contributed by atoms with Gasteiger partial charge in [-0.1, -0.05) is 12.1 Å². The molecule has 0 spiro atoms. The number of nitrogen functional groups attached to an aromatic ring is 1. The van der Waals surface area contributed by atoms with Crippen molar-refractivity contribution in [3.8, 4) is 17.0 Å². The van der Waals surface area contributed by atoms with E-state index in [9.17, 15) is 0 Å². The monoisotopic (exact) mass is 472 g/mol. The maximum atomic E-state index is 8.94. The molecule has 0 unspecified atom stereocenters. The maximum Gasteiger partial charge on any atom is 0.223 e. The average molecular weight is 473 g/mol. The van der Waals surface area contributed by atoms with Gasteiger partial charge in [-0.25, -0.2) is 0 Å². The third-order valence-corrected chi connectivity index (χ3v) is 7.46. The maximum absolute atomic E-state index is 8.94. The highest BCUT2D eigenvalue weighted by Gasteiger charge is 2.33. The summed E-state index contributed by atoms with van der Waals surface area (Å²) in [4.78, 5) is 0. The summed E-state index contributed by atoms with van der Waals surface area (Å²) in [5.41, 5.74) is 10.4. The summed E-state index contributed by atoms with van der Waals surface area (Å²) in [5, 5.41) is 18.2. The second-order valence-electron chi connectivity index (χ2n) is 9.98. The van der Waals surface area contributed by atoms with Gasteiger partial charge in [-0.15, -0.1) is 0 Å². The number of anilines is 1. The Kier molecular flexibility index (Phi) is 5.72. The van der Waals surface area contributed by atoms with E-state index in [1.54, 1.807) is 0 Å². The smallest absolute Gasteiger partial charge is 0.223 e. The van der Waals surface area contributed by atoms with Crippen LogP contribution in [0.25, 0.3) is 22.2 Å². The van der Waals surface area contributed by atoms with Crippen molar-refractivity contribution in [2.75, 3.05) is 18.9 Å². The quantitative estimate of drug-likeness (QED) is 0.236. The Bertz CT molecular complexity index is 1270.